The minimum Gasteiger partial charge on any atom is -0.378 e. The molecule has 4 nitrogen and oxygen atoms in total. The molecule has 1 N–H and O–H groups in total. The van der Waals surface area contributed by atoms with E-state index in [2.05, 4.69) is 93.6 Å². The van der Waals surface area contributed by atoms with Crippen LogP contribution in [0.1, 0.15) is 104 Å². The normalized spacial score (nSPS) is 19.9. The van der Waals surface area contributed by atoms with E-state index in [1.54, 1.807) is 0 Å². The molecule has 2 rings (SSSR count). The zero-order valence-corrected chi connectivity index (χ0v) is 23.0. The van der Waals surface area contributed by atoms with Crippen molar-refractivity contribution in [1.29, 1.82) is 0 Å². The Morgan fingerprint density at radius 1 is 1.17 bits per heavy atom. The summed E-state index contributed by atoms with van der Waals surface area (Å²) in [5.74, 6) is 7.13. The smallest absolute Gasteiger partial charge is 0.0575 e. The van der Waals surface area contributed by atoms with E-state index in [0.717, 1.165) is 38.5 Å². The molecule has 4 heteroatoms. The fourth-order valence-electron chi connectivity index (χ4n) is 4.35. The van der Waals surface area contributed by atoms with Gasteiger partial charge in [-0.25, -0.2) is 0 Å². The maximum atomic E-state index is 10.6. The Morgan fingerprint density at radius 3 is 2.43 bits per heavy atom. The molecule has 194 valence electrons. The molecule has 0 radical (unpaired) electrons. The predicted molar refractivity (Wildman–Crippen MR) is 150 cm³/mol. The lowest BCUT2D eigenvalue weighted by atomic mass is 9.83. The van der Waals surface area contributed by atoms with Crippen LogP contribution in [0.3, 0.4) is 0 Å². The molecule has 1 aliphatic carbocycles. The van der Waals surface area contributed by atoms with Gasteiger partial charge in [-0.05, 0) is 69.9 Å². The Hall–Kier alpha value is -2.38. The van der Waals surface area contributed by atoms with Crippen LogP contribution in [0, 0.1) is 22.7 Å². The van der Waals surface area contributed by atoms with Crippen molar-refractivity contribution in [2.75, 3.05) is 6.61 Å². The Bertz CT molecular complexity index is 811. The van der Waals surface area contributed by atoms with Crippen LogP contribution in [0.4, 0.5) is 0 Å². The Balaban J connectivity index is 0.000000471. The number of nitroso groups, excluding NO2 is 1. The monoisotopic (exact) mass is 480 g/mol. The number of benzene rings is 1. The highest BCUT2D eigenvalue weighted by molar-refractivity contribution is 5.35. The van der Waals surface area contributed by atoms with Gasteiger partial charge in [-0.2, -0.15) is 0 Å². The van der Waals surface area contributed by atoms with Crippen molar-refractivity contribution in [3.05, 3.63) is 64.1 Å². The first-order chi connectivity index (χ1) is 17.0. The highest BCUT2D eigenvalue weighted by atomic mass is 16.5. The first kappa shape index (κ1) is 30.7. The summed E-state index contributed by atoms with van der Waals surface area (Å²) in [6, 6.07) is 10.9. The lowest BCUT2D eigenvalue weighted by molar-refractivity contribution is 0.000604. The van der Waals surface area contributed by atoms with Gasteiger partial charge in [0, 0.05) is 23.2 Å². The van der Waals surface area contributed by atoms with E-state index in [9.17, 15) is 4.91 Å². The number of allylic oxidation sites excluding steroid dienone is 4. The summed E-state index contributed by atoms with van der Waals surface area (Å²) in [5.41, 5.74) is 6.62. The van der Waals surface area contributed by atoms with E-state index in [1.807, 2.05) is 13.0 Å². The van der Waals surface area contributed by atoms with Crippen LogP contribution in [0.5, 0.6) is 0 Å². The molecule has 2 unspecified atom stereocenters. The van der Waals surface area contributed by atoms with Crippen LogP contribution in [0.25, 0.3) is 0 Å². The Morgan fingerprint density at radius 2 is 1.86 bits per heavy atom. The third kappa shape index (κ3) is 12.8. The second-order valence-electron chi connectivity index (χ2n) is 9.63. The van der Waals surface area contributed by atoms with Gasteiger partial charge in [0.05, 0.1) is 18.8 Å². The number of unbranched alkanes of at least 4 members (excludes halogenated alkanes) is 1. The first-order valence-electron chi connectivity index (χ1n) is 13.5. The molecule has 1 aliphatic rings. The summed E-state index contributed by atoms with van der Waals surface area (Å²) >= 11 is 0. The number of ether oxygens (including phenoxy) is 1. The van der Waals surface area contributed by atoms with Gasteiger partial charge in [0.1, 0.15) is 0 Å². The average molecular weight is 481 g/mol. The van der Waals surface area contributed by atoms with Crippen LogP contribution in [0.15, 0.2) is 58.9 Å². The van der Waals surface area contributed by atoms with Gasteiger partial charge in [-0.3, -0.25) is 5.43 Å². The molecule has 1 aromatic rings. The zero-order chi connectivity index (χ0) is 25.9. The maximum absolute atomic E-state index is 10.6. The van der Waals surface area contributed by atoms with Gasteiger partial charge in [-0.15, -0.1) is 4.91 Å². The molecule has 0 saturated heterocycles. The summed E-state index contributed by atoms with van der Waals surface area (Å²) in [7, 11) is 0. The standard InChI is InChI=1S/C20H32N2O2.C11H16/c1-3-4-10-20(21-22-23)16(2)15-24-19-13-11-18(12-14-19)17-8-6-5-7-9-17;1-5-7-9-11(4)10(3)8-6-2/h5-9,16,18-20H,3-4,10-15H2,1-2H3,(H,21,23);6,8H,5H2,1-4H3/b;8-6-,11-10-. The average Bonchev–Trinajstić information content (AvgIpc) is 2.89. The number of hydrogen-bond acceptors (Lipinski definition) is 3. The minimum absolute atomic E-state index is 0.128. The molecular formula is C31H48N2O2. The summed E-state index contributed by atoms with van der Waals surface area (Å²) in [6.45, 7) is 13.2. The fourth-order valence-corrected chi connectivity index (χ4v) is 4.35. The van der Waals surface area contributed by atoms with E-state index in [4.69, 9.17) is 4.74 Å². The van der Waals surface area contributed by atoms with E-state index in [0.29, 0.717) is 24.5 Å². The van der Waals surface area contributed by atoms with Crippen molar-refractivity contribution in [2.45, 2.75) is 111 Å². The lowest BCUT2D eigenvalue weighted by Gasteiger charge is -2.30. The third-order valence-electron chi connectivity index (χ3n) is 6.77. The van der Waals surface area contributed by atoms with Gasteiger partial charge < -0.3 is 4.74 Å². The minimum atomic E-state index is 0.128. The molecule has 0 aromatic heterocycles. The van der Waals surface area contributed by atoms with E-state index in [1.165, 1.54) is 29.6 Å². The van der Waals surface area contributed by atoms with Crippen molar-refractivity contribution in [1.82, 2.24) is 5.43 Å². The van der Waals surface area contributed by atoms with Gasteiger partial charge >= 0.3 is 0 Å². The molecule has 0 amide bonds. The summed E-state index contributed by atoms with van der Waals surface area (Å²) in [5, 5.41) is 2.89. The second-order valence-corrected chi connectivity index (χ2v) is 9.63. The molecule has 0 spiro atoms. The second kappa shape index (κ2) is 18.9. The fraction of sp³-hybridized carbons (Fsp3) is 0.613. The number of hydrogen-bond donors (Lipinski definition) is 1. The van der Waals surface area contributed by atoms with Gasteiger partial charge in [0.15, 0.2) is 0 Å². The molecule has 0 aliphatic heterocycles. The molecule has 1 aromatic carbocycles. The molecular weight excluding hydrogens is 432 g/mol. The third-order valence-corrected chi connectivity index (χ3v) is 6.77. The van der Waals surface area contributed by atoms with E-state index in [-0.39, 0.29) is 6.04 Å². The van der Waals surface area contributed by atoms with Crippen molar-refractivity contribution in [3.8, 4) is 11.8 Å². The van der Waals surface area contributed by atoms with Crippen LogP contribution < -0.4 is 5.43 Å². The van der Waals surface area contributed by atoms with E-state index < -0.39 is 0 Å². The zero-order valence-electron chi connectivity index (χ0n) is 23.0. The van der Waals surface area contributed by atoms with Crippen LogP contribution in [0.2, 0.25) is 0 Å². The highest BCUT2D eigenvalue weighted by Gasteiger charge is 2.24. The summed E-state index contributed by atoms with van der Waals surface area (Å²) in [6.07, 6.45) is 13.3. The summed E-state index contributed by atoms with van der Waals surface area (Å²) in [4.78, 5) is 10.6. The number of nitrogens with one attached hydrogen (secondary N) is 1. The molecule has 1 saturated carbocycles. The van der Waals surface area contributed by atoms with Gasteiger partial charge in [-0.1, -0.05) is 87.9 Å². The molecule has 0 bridgehead atoms. The maximum Gasteiger partial charge on any atom is 0.0575 e. The largest absolute Gasteiger partial charge is 0.378 e. The van der Waals surface area contributed by atoms with Crippen LogP contribution >= 0.6 is 0 Å². The van der Waals surface area contributed by atoms with Crippen LogP contribution in [-0.4, -0.2) is 18.8 Å². The highest BCUT2D eigenvalue weighted by Crippen LogP contribution is 2.34. The number of rotatable bonds is 11. The van der Waals surface area contributed by atoms with Crippen LogP contribution in [-0.2, 0) is 4.74 Å². The molecule has 0 heterocycles. The predicted octanol–water partition coefficient (Wildman–Crippen LogP) is 8.51. The summed E-state index contributed by atoms with van der Waals surface area (Å²) < 4.78 is 6.15. The molecule has 1 fully saturated rings. The first-order valence-corrected chi connectivity index (χ1v) is 13.5. The SMILES string of the molecule is C/C=C\C(C)=C(\C)C#CCC.CCCCC(NN=O)C(C)COC1CCC(c2ccccc2)CC1. The lowest BCUT2D eigenvalue weighted by Crippen LogP contribution is -2.35. The molecule has 35 heavy (non-hydrogen) atoms. The Kier molecular flexibility index (Phi) is 16.5. The Labute approximate surface area is 215 Å². The van der Waals surface area contributed by atoms with Gasteiger partial charge in [0.2, 0.25) is 0 Å². The van der Waals surface area contributed by atoms with Crippen molar-refractivity contribution < 1.29 is 4.74 Å². The van der Waals surface area contributed by atoms with E-state index >= 15 is 0 Å². The van der Waals surface area contributed by atoms with Crippen molar-refractivity contribution >= 4 is 0 Å². The van der Waals surface area contributed by atoms with Crippen molar-refractivity contribution in [3.63, 3.8) is 0 Å². The topological polar surface area (TPSA) is 50.7 Å². The quantitative estimate of drug-likeness (QED) is 0.149. The number of nitrogens with zero attached hydrogens (tertiary/aromatic N) is 1. The van der Waals surface area contributed by atoms with Gasteiger partial charge in [0.25, 0.3) is 0 Å². The molecule has 2 atom stereocenters. The van der Waals surface area contributed by atoms with Crippen molar-refractivity contribution in [2.24, 2.45) is 11.2 Å².